The first-order valence-electron chi connectivity index (χ1n) is 10.9. The molecule has 28 heavy (non-hydrogen) atoms. The molecule has 5 heteroatoms. The van der Waals surface area contributed by atoms with Crippen LogP contribution in [0.25, 0.3) is 6.08 Å². The Kier molecular flexibility index (Phi) is 6.65. The standard InChI is InChI=1S/C23H34N4O/c1-2-24-23(25-16-22-17-27-12-6-9-21(27)18-28-22)26-13-10-20(11-14-26)15-19-7-4-3-5-8-19/h3-5,7-8,15,21-22H,2,6,9-14,16-18H2,1H3,(H,24,25). The molecule has 0 spiro atoms. The first-order valence-corrected chi connectivity index (χ1v) is 10.9. The normalized spacial score (nSPS) is 26.2. The van der Waals surface area contributed by atoms with E-state index in [1.54, 1.807) is 0 Å². The second-order valence-electron chi connectivity index (χ2n) is 8.14. The molecule has 1 aromatic rings. The van der Waals surface area contributed by atoms with Crippen molar-refractivity contribution in [2.24, 2.45) is 4.99 Å². The number of likely N-dealkylation sites (tertiary alicyclic amines) is 1. The number of ether oxygens (including phenoxy) is 1. The number of guanidine groups is 1. The summed E-state index contributed by atoms with van der Waals surface area (Å²) in [6, 6.07) is 11.3. The van der Waals surface area contributed by atoms with Crippen LogP contribution in [0.1, 0.15) is 38.2 Å². The summed E-state index contributed by atoms with van der Waals surface area (Å²) in [5, 5.41) is 3.49. The molecule has 0 saturated carbocycles. The third-order valence-electron chi connectivity index (χ3n) is 6.12. The van der Waals surface area contributed by atoms with Gasteiger partial charge in [0.15, 0.2) is 5.96 Å². The van der Waals surface area contributed by atoms with Crippen LogP contribution in [0.3, 0.4) is 0 Å². The van der Waals surface area contributed by atoms with Gasteiger partial charge >= 0.3 is 0 Å². The number of aliphatic imine (C=N–C) groups is 1. The Balaban J connectivity index is 1.32. The van der Waals surface area contributed by atoms with Gasteiger partial charge in [0.1, 0.15) is 0 Å². The second kappa shape index (κ2) is 9.57. The molecule has 3 fully saturated rings. The molecule has 0 aliphatic carbocycles. The van der Waals surface area contributed by atoms with E-state index in [1.165, 1.54) is 30.5 Å². The van der Waals surface area contributed by atoms with E-state index < -0.39 is 0 Å². The molecule has 1 aromatic carbocycles. The maximum atomic E-state index is 6.09. The van der Waals surface area contributed by atoms with Crippen molar-refractivity contribution < 1.29 is 4.74 Å². The third kappa shape index (κ3) is 4.95. The van der Waals surface area contributed by atoms with E-state index >= 15 is 0 Å². The lowest BCUT2D eigenvalue weighted by molar-refractivity contribution is -0.0432. The average Bonchev–Trinajstić information content (AvgIpc) is 3.20. The molecule has 5 nitrogen and oxygen atoms in total. The van der Waals surface area contributed by atoms with Crippen LogP contribution in [-0.2, 0) is 4.74 Å². The largest absolute Gasteiger partial charge is 0.373 e. The van der Waals surface area contributed by atoms with Gasteiger partial charge < -0.3 is 15.0 Å². The van der Waals surface area contributed by atoms with Crippen LogP contribution in [0, 0.1) is 0 Å². The predicted molar refractivity (Wildman–Crippen MR) is 116 cm³/mol. The Bertz CT molecular complexity index is 677. The lowest BCUT2D eigenvalue weighted by atomic mass is 10.0. The maximum Gasteiger partial charge on any atom is 0.194 e. The highest BCUT2D eigenvalue weighted by Crippen LogP contribution is 2.23. The fraction of sp³-hybridized carbons (Fsp3) is 0.609. The number of fused-ring (bicyclic) bond motifs is 1. The summed E-state index contributed by atoms with van der Waals surface area (Å²) in [6.45, 7) is 9.03. The van der Waals surface area contributed by atoms with Crippen molar-refractivity contribution >= 4 is 12.0 Å². The van der Waals surface area contributed by atoms with Gasteiger partial charge in [0.2, 0.25) is 0 Å². The van der Waals surface area contributed by atoms with Crippen LogP contribution >= 0.6 is 0 Å². The number of morpholine rings is 1. The highest BCUT2D eigenvalue weighted by molar-refractivity contribution is 5.80. The fourth-order valence-corrected chi connectivity index (χ4v) is 4.55. The van der Waals surface area contributed by atoms with Crippen LogP contribution in [0.4, 0.5) is 0 Å². The van der Waals surface area contributed by atoms with E-state index in [2.05, 4.69) is 58.4 Å². The number of nitrogens with one attached hydrogen (secondary N) is 1. The number of benzene rings is 1. The van der Waals surface area contributed by atoms with Crippen LogP contribution in [-0.4, -0.2) is 73.8 Å². The molecule has 0 radical (unpaired) electrons. The second-order valence-corrected chi connectivity index (χ2v) is 8.14. The van der Waals surface area contributed by atoms with Gasteiger partial charge in [-0.3, -0.25) is 9.89 Å². The molecule has 4 rings (SSSR count). The van der Waals surface area contributed by atoms with E-state index in [4.69, 9.17) is 9.73 Å². The Morgan fingerprint density at radius 3 is 2.82 bits per heavy atom. The molecule has 3 aliphatic heterocycles. The minimum absolute atomic E-state index is 0.237. The van der Waals surface area contributed by atoms with Gasteiger partial charge in [0, 0.05) is 32.2 Å². The van der Waals surface area contributed by atoms with E-state index in [0.29, 0.717) is 6.04 Å². The minimum atomic E-state index is 0.237. The summed E-state index contributed by atoms with van der Waals surface area (Å²) in [6.07, 6.45) is 7.42. The smallest absolute Gasteiger partial charge is 0.194 e. The molecule has 3 aliphatic rings. The highest BCUT2D eigenvalue weighted by Gasteiger charge is 2.32. The van der Waals surface area contributed by atoms with Gasteiger partial charge in [-0.25, -0.2) is 0 Å². The van der Waals surface area contributed by atoms with Crippen molar-refractivity contribution in [3.8, 4) is 0 Å². The van der Waals surface area contributed by atoms with E-state index in [9.17, 15) is 0 Å². The average molecular weight is 383 g/mol. The van der Waals surface area contributed by atoms with Crippen LogP contribution in [0.5, 0.6) is 0 Å². The van der Waals surface area contributed by atoms with Gasteiger partial charge in [0.25, 0.3) is 0 Å². The zero-order valence-electron chi connectivity index (χ0n) is 17.1. The van der Waals surface area contributed by atoms with Gasteiger partial charge in [-0.15, -0.1) is 0 Å². The lowest BCUT2D eigenvalue weighted by Gasteiger charge is -2.35. The Morgan fingerprint density at radius 1 is 1.21 bits per heavy atom. The number of nitrogens with zero attached hydrogens (tertiary/aromatic N) is 3. The van der Waals surface area contributed by atoms with E-state index in [0.717, 1.165) is 58.1 Å². The molecule has 2 atom stereocenters. The molecule has 1 N–H and O–H groups in total. The molecule has 3 heterocycles. The van der Waals surface area contributed by atoms with Crippen molar-refractivity contribution in [3.63, 3.8) is 0 Å². The van der Waals surface area contributed by atoms with Gasteiger partial charge in [-0.2, -0.15) is 0 Å². The van der Waals surface area contributed by atoms with Crippen molar-refractivity contribution in [2.75, 3.05) is 45.9 Å². The lowest BCUT2D eigenvalue weighted by Crippen LogP contribution is -2.48. The van der Waals surface area contributed by atoms with Crippen molar-refractivity contribution in [1.82, 2.24) is 15.1 Å². The van der Waals surface area contributed by atoms with Crippen LogP contribution in [0.15, 0.2) is 40.9 Å². The van der Waals surface area contributed by atoms with Crippen LogP contribution in [0.2, 0.25) is 0 Å². The monoisotopic (exact) mass is 382 g/mol. The first-order chi connectivity index (χ1) is 13.8. The number of hydrogen-bond donors (Lipinski definition) is 1. The van der Waals surface area contributed by atoms with Crippen LogP contribution < -0.4 is 5.32 Å². The van der Waals surface area contributed by atoms with Gasteiger partial charge in [-0.1, -0.05) is 42.0 Å². The first kappa shape index (κ1) is 19.5. The number of piperidine rings is 1. The summed E-state index contributed by atoms with van der Waals surface area (Å²) in [4.78, 5) is 9.95. The molecule has 152 valence electrons. The van der Waals surface area contributed by atoms with Crippen molar-refractivity contribution in [3.05, 3.63) is 41.5 Å². The molecular weight excluding hydrogens is 348 g/mol. The van der Waals surface area contributed by atoms with Gasteiger partial charge in [-0.05, 0) is 44.7 Å². The molecule has 0 bridgehead atoms. The Labute approximate surface area is 169 Å². The quantitative estimate of drug-likeness (QED) is 0.642. The minimum Gasteiger partial charge on any atom is -0.373 e. The molecule has 0 aromatic heterocycles. The summed E-state index contributed by atoms with van der Waals surface area (Å²) in [5.41, 5.74) is 2.84. The third-order valence-corrected chi connectivity index (χ3v) is 6.12. The zero-order valence-corrected chi connectivity index (χ0v) is 17.1. The Hall–Kier alpha value is -1.85. The molecule has 2 unspecified atom stereocenters. The van der Waals surface area contributed by atoms with Crippen molar-refractivity contribution in [1.29, 1.82) is 0 Å². The van der Waals surface area contributed by atoms with E-state index in [1.807, 2.05) is 0 Å². The van der Waals surface area contributed by atoms with Crippen molar-refractivity contribution in [2.45, 2.75) is 44.8 Å². The highest BCUT2D eigenvalue weighted by atomic mass is 16.5. The fourth-order valence-electron chi connectivity index (χ4n) is 4.55. The maximum absolute atomic E-state index is 6.09. The summed E-state index contributed by atoms with van der Waals surface area (Å²) >= 11 is 0. The molecular formula is C23H34N4O. The Morgan fingerprint density at radius 2 is 2.04 bits per heavy atom. The number of rotatable bonds is 4. The summed E-state index contributed by atoms with van der Waals surface area (Å²) in [7, 11) is 0. The SMILES string of the molecule is CCNC(=NCC1CN2CCCC2CO1)N1CCC(=Cc2ccccc2)CC1. The molecule has 3 saturated heterocycles. The predicted octanol–water partition coefficient (Wildman–Crippen LogP) is 2.99. The number of hydrogen-bond acceptors (Lipinski definition) is 3. The molecule has 0 amide bonds. The summed E-state index contributed by atoms with van der Waals surface area (Å²) < 4.78 is 6.09. The summed E-state index contributed by atoms with van der Waals surface area (Å²) in [5.74, 6) is 1.05. The van der Waals surface area contributed by atoms with Gasteiger partial charge in [0.05, 0.1) is 19.3 Å². The zero-order chi connectivity index (χ0) is 19.2. The topological polar surface area (TPSA) is 40.1 Å². The van der Waals surface area contributed by atoms with E-state index in [-0.39, 0.29) is 6.10 Å².